The van der Waals surface area contributed by atoms with Crippen LogP contribution in [0.2, 0.25) is 0 Å². The van der Waals surface area contributed by atoms with E-state index in [2.05, 4.69) is 0 Å². The van der Waals surface area contributed by atoms with Gasteiger partial charge in [0.15, 0.2) is 0 Å². The van der Waals surface area contributed by atoms with E-state index < -0.39 is 23.1 Å². The number of carbonyl (C=O) groups is 1. The minimum Gasteiger partial charge on any atom is -0.499 e. The largest absolute Gasteiger partial charge is 0.499 e. The number of hydrogen-bond donors (Lipinski definition) is 3. The molecule has 1 aromatic carbocycles. The van der Waals surface area contributed by atoms with E-state index in [0.717, 1.165) is 6.07 Å². The van der Waals surface area contributed by atoms with Crippen LogP contribution in [0.25, 0.3) is 11.0 Å². The van der Waals surface area contributed by atoms with Crippen LogP contribution in [-0.2, 0) is 0 Å². The average molecular weight is 222 g/mol. The van der Waals surface area contributed by atoms with Gasteiger partial charge in [-0.15, -0.1) is 0 Å². The first kappa shape index (κ1) is 10.0. The molecule has 0 spiro atoms. The van der Waals surface area contributed by atoms with Gasteiger partial charge in [0.2, 0.25) is 11.2 Å². The summed E-state index contributed by atoms with van der Waals surface area (Å²) in [6, 6.07) is 3.51. The van der Waals surface area contributed by atoms with E-state index in [1.54, 1.807) is 0 Å². The third kappa shape index (κ3) is 1.36. The molecule has 0 atom stereocenters. The van der Waals surface area contributed by atoms with E-state index in [1.165, 1.54) is 12.1 Å². The second-order valence-electron chi connectivity index (χ2n) is 3.10. The quantitative estimate of drug-likeness (QED) is 0.661. The first-order valence-electron chi connectivity index (χ1n) is 4.23. The molecule has 0 aliphatic carbocycles. The van der Waals surface area contributed by atoms with Gasteiger partial charge in [-0.3, -0.25) is 4.79 Å². The Morgan fingerprint density at radius 1 is 1.25 bits per heavy atom. The van der Waals surface area contributed by atoms with Crippen LogP contribution in [0.1, 0.15) is 10.4 Å². The first-order chi connectivity index (χ1) is 7.50. The van der Waals surface area contributed by atoms with Gasteiger partial charge in [0, 0.05) is 0 Å². The van der Waals surface area contributed by atoms with E-state index in [9.17, 15) is 9.59 Å². The number of aromatic carboxylic acids is 1. The van der Waals surface area contributed by atoms with Crippen LogP contribution in [0.4, 0.5) is 0 Å². The van der Waals surface area contributed by atoms with Gasteiger partial charge in [0.25, 0.3) is 0 Å². The Morgan fingerprint density at radius 3 is 2.56 bits per heavy atom. The molecule has 6 heteroatoms. The van der Waals surface area contributed by atoms with Crippen LogP contribution >= 0.6 is 0 Å². The predicted octanol–water partition coefficient (Wildman–Crippen LogP) is 0.902. The molecular formula is C10H6O6. The van der Waals surface area contributed by atoms with Gasteiger partial charge in [-0.1, -0.05) is 0 Å². The second-order valence-corrected chi connectivity index (χ2v) is 3.10. The molecule has 1 heterocycles. The minimum absolute atomic E-state index is 0.000278. The summed E-state index contributed by atoms with van der Waals surface area (Å²) >= 11 is 0. The zero-order chi connectivity index (χ0) is 11.9. The van der Waals surface area contributed by atoms with Crippen molar-refractivity contribution in [1.29, 1.82) is 0 Å². The molecule has 16 heavy (non-hydrogen) atoms. The molecule has 2 aromatic rings. The number of rotatable bonds is 1. The monoisotopic (exact) mass is 222 g/mol. The maximum absolute atomic E-state index is 11.4. The van der Waals surface area contributed by atoms with Crippen LogP contribution in [0, 0.1) is 0 Å². The predicted molar refractivity (Wildman–Crippen MR) is 52.8 cm³/mol. The van der Waals surface area contributed by atoms with Crippen LogP contribution in [0.3, 0.4) is 0 Å². The Kier molecular flexibility index (Phi) is 2.05. The molecule has 0 saturated carbocycles. The lowest BCUT2D eigenvalue weighted by Gasteiger charge is -2.00. The Bertz CT molecular complexity index is 640. The van der Waals surface area contributed by atoms with Crippen LogP contribution in [0.15, 0.2) is 27.4 Å². The maximum atomic E-state index is 11.4. The van der Waals surface area contributed by atoms with Crippen molar-refractivity contribution in [3.8, 4) is 11.7 Å². The van der Waals surface area contributed by atoms with Gasteiger partial charge in [-0.25, -0.2) is 4.79 Å². The molecule has 0 saturated heterocycles. The van der Waals surface area contributed by atoms with Gasteiger partial charge in [0.05, 0.1) is 10.9 Å². The number of carboxylic acids is 1. The Hall–Kier alpha value is -2.50. The molecule has 0 fully saturated rings. The molecule has 6 nitrogen and oxygen atoms in total. The molecule has 82 valence electrons. The van der Waals surface area contributed by atoms with E-state index in [-0.39, 0.29) is 16.5 Å². The van der Waals surface area contributed by atoms with Crippen LogP contribution in [0.5, 0.6) is 11.7 Å². The summed E-state index contributed by atoms with van der Waals surface area (Å²) in [5.41, 5.74) is -0.989. The number of benzene rings is 1. The van der Waals surface area contributed by atoms with Gasteiger partial charge >= 0.3 is 11.9 Å². The topological polar surface area (TPSA) is 108 Å². The van der Waals surface area contributed by atoms with Gasteiger partial charge in [-0.2, -0.15) is 0 Å². The summed E-state index contributed by atoms with van der Waals surface area (Å²) in [4.78, 5) is 22.1. The fraction of sp³-hybridized carbons (Fsp3) is 0. The van der Waals surface area contributed by atoms with Crippen molar-refractivity contribution in [2.75, 3.05) is 0 Å². The van der Waals surface area contributed by atoms with Crippen molar-refractivity contribution >= 4 is 16.9 Å². The zero-order valence-corrected chi connectivity index (χ0v) is 7.80. The first-order valence-corrected chi connectivity index (χ1v) is 4.23. The van der Waals surface area contributed by atoms with Crippen molar-refractivity contribution in [2.24, 2.45) is 0 Å². The van der Waals surface area contributed by atoms with E-state index in [1.807, 2.05) is 0 Å². The van der Waals surface area contributed by atoms with Crippen LogP contribution < -0.4 is 5.43 Å². The van der Waals surface area contributed by atoms with Gasteiger partial charge in [-0.05, 0) is 18.2 Å². The highest BCUT2D eigenvalue weighted by Gasteiger charge is 2.14. The molecule has 0 aliphatic rings. The number of aromatic hydroxyl groups is 2. The molecule has 1 aromatic heterocycles. The lowest BCUT2D eigenvalue weighted by atomic mass is 10.1. The number of hydrogen-bond acceptors (Lipinski definition) is 5. The van der Waals surface area contributed by atoms with Crippen molar-refractivity contribution in [1.82, 2.24) is 0 Å². The molecule has 0 radical (unpaired) electrons. The third-order valence-electron chi connectivity index (χ3n) is 2.10. The maximum Gasteiger partial charge on any atom is 0.335 e. The van der Waals surface area contributed by atoms with Gasteiger partial charge in [0.1, 0.15) is 5.58 Å². The summed E-state index contributed by atoms with van der Waals surface area (Å²) in [6.45, 7) is 0. The van der Waals surface area contributed by atoms with E-state index >= 15 is 0 Å². The standard InChI is InChI=1S/C10H6O6/c11-7-5-2-1-4(9(13)14)3-6(5)16-10(15)8(7)12/h1-3,12,15H,(H,13,14). The lowest BCUT2D eigenvalue weighted by Crippen LogP contribution is -2.02. The summed E-state index contributed by atoms with van der Waals surface area (Å²) in [5, 5.41) is 26.9. The zero-order valence-electron chi connectivity index (χ0n) is 7.80. The molecule has 3 N–H and O–H groups in total. The number of carboxylic acid groups (broad SMARTS) is 1. The van der Waals surface area contributed by atoms with Crippen molar-refractivity contribution in [2.45, 2.75) is 0 Å². The molecule has 0 amide bonds. The van der Waals surface area contributed by atoms with E-state index in [4.69, 9.17) is 19.7 Å². The molecule has 0 aliphatic heterocycles. The highest BCUT2D eigenvalue weighted by molar-refractivity contribution is 5.92. The van der Waals surface area contributed by atoms with E-state index in [0.29, 0.717) is 0 Å². The van der Waals surface area contributed by atoms with Crippen molar-refractivity contribution < 1.29 is 24.5 Å². The van der Waals surface area contributed by atoms with Gasteiger partial charge < -0.3 is 19.7 Å². The average Bonchev–Trinajstić information content (AvgIpc) is 2.25. The second kappa shape index (κ2) is 3.27. The Morgan fingerprint density at radius 2 is 1.94 bits per heavy atom. The summed E-state index contributed by atoms with van der Waals surface area (Å²) < 4.78 is 4.71. The van der Waals surface area contributed by atoms with Crippen LogP contribution in [-0.4, -0.2) is 21.3 Å². The highest BCUT2D eigenvalue weighted by Crippen LogP contribution is 2.25. The SMILES string of the molecule is O=C(O)c1ccc2c(=O)c(O)c(O)oc2c1. The summed E-state index contributed by atoms with van der Waals surface area (Å²) in [7, 11) is 0. The fourth-order valence-electron chi connectivity index (χ4n) is 1.30. The summed E-state index contributed by atoms with van der Waals surface area (Å²) in [6.07, 6.45) is 0. The minimum atomic E-state index is -1.18. The van der Waals surface area contributed by atoms with Crippen molar-refractivity contribution in [3.05, 3.63) is 34.0 Å². The summed E-state index contributed by atoms with van der Waals surface area (Å²) in [5.74, 6) is -3.01. The molecular weight excluding hydrogens is 216 g/mol. The fourth-order valence-corrected chi connectivity index (χ4v) is 1.30. The lowest BCUT2D eigenvalue weighted by molar-refractivity contribution is 0.0697. The molecule has 0 bridgehead atoms. The Labute approximate surface area is 88.0 Å². The van der Waals surface area contributed by atoms with Crippen molar-refractivity contribution in [3.63, 3.8) is 0 Å². The third-order valence-corrected chi connectivity index (χ3v) is 2.10. The smallest absolute Gasteiger partial charge is 0.335 e. The Balaban J connectivity index is 2.86. The normalized spacial score (nSPS) is 10.5. The molecule has 0 unspecified atom stereocenters. The molecule has 2 rings (SSSR count). The highest BCUT2D eigenvalue weighted by atomic mass is 16.5. The number of fused-ring (bicyclic) bond motifs is 1.